The molecule has 2 saturated heterocycles. The van der Waals surface area contributed by atoms with Crippen LogP contribution in [0.25, 0.3) is 33.5 Å². The normalized spacial score (nSPS) is 19.2. The number of aryl methyl sites for hydroxylation is 1. The number of benzene rings is 2. The largest absolute Gasteiger partial charge is 0.494 e. The number of likely N-dealkylation sites (tertiary alicyclic amines) is 2. The highest BCUT2D eigenvalue weighted by Crippen LogP contribution is 2.41. The summed E-state index contributed by atoms with van der Waals surface area (Å²) in [4.78, 5) is 34.6. The van der Waals surface area contributed by atoms with Crippen LogP contribution in [0.4, 0.5) is 4.79 Å². The van der Waals surface area contributed by atoms with Gasteiger partial charge in [0.25, 0.3) is 5.91 Å². The molecule has 9 heteroatoms. The minimum atomic E-state index is -0.269. The first-order chi connectivity index (χ1) is 20.9. The third kappa shape index (κ3) is 4.82. The zero-order valence-corrected chi connectivity index (χ0v) is 25.6. The number of carbonyl (C=O) groups is 2. The molecule has 226 valence electrons. The molecular weight excluding hydrogens is 542 g/mol. The number of imidazole rings is 1. The maximum absolute atomic E-state index is 13.7. The van der Waals surface area contributed by atoms with Gasteiger partial charge in [-0.3, -0.25) is 4.79 Å². The number of piperidine rings is 1. The topological polar surface area (TPSA) is 81.8 Å². The molecule has 4 heterocycles. The molecule has 0 bridgehead atoms. The van der Waals surface area contributed by atoms with Crippen molar-refractivity contribution < 1.29 is 19.1 Å². The van der Waals surface area contributed by atoms with E-state index in [-0.39, 0.29) is 17.9 Å². The highest BCUT2D eigenvalue weighted by Gasteiger charge is 2.35. The number of para-hydroxylation sites is 1. The first-order valence-corrected chi connectivity index (χ1v) is 15.7. The summed E-state index contributed by atoms with van der Waals surface area (Å²) >= 11 is 0. The van der Waals surface area contributed by atoms with Crippen LogP contribution in [-0.2, 0) is 18.3 Å². The molecule has 9 nitrogen and oxygen atoms in total. The molecular formula is C34H41N5O4. The molecule has 2 aromatic carbocycles. The van der Waals surface area contributed by atoms with Crippen LogP contribution < -0.4 is 4.74 Å². The van der Waals surface area contributed by atoms with Crippen molar-refractivity contribution in [1.29, 1.82) is 0 Å². The van der Waals surface area contributed by atoms with Gasteiger partial charge in [-0.2, -0.15) is 0 Å². The molecule has 0 spiro atoms. The summed E-state index contributed by atoms with van der Waals surface area (Å²) in [6.07, 6.45) is 5.53. The van der Waals surface area contributed by atoms with E-state index in [1.54, 1.807) is 12.0 Å². The molecule has 2 amide bonds. The molecule has 2 aromatic heterocycles. The lowest BCUT2D eigenvalue weighted by Crippen LogP contribution is -2.48. The number of rotatable bonds is 7. The van der Waals surface area contributed by atoms with Crippen LogP contribution in [-0.4, -0.2) is 76.3 Å². The molecule has 7 rings (SSSR count). The van der Waals surface area contributed by atoms with Gasteiger partial charge in [-0.05, 0) is 61.3 Å². The Hall–Kier alpha value is -4.01. The summed E-state index contributed by atoms with van der Waals surface area (Å²) in [5.41, 5.74) is 5.83. The predicted molar refractivity (Wildman–Crippen MR) is 167 cm³/mol. The van der Waals surface area contributed by atoms with Crippen molar-refractivity contribution in [2.45, 2.75) is 51.5 Å². The Morgan fingerprint density at radius 3 is 2.51 bits per heavy atom. The summed E-state index contributed by atoms with van der Waals surface area (Å²) in [7, 11) is 5.13. The number of hydrogen-bond acceptors (Lipinski definition) is 5. The van der Waals surface area contributed by atoms with Gasteiger partial charge in [-0.1, -0.05) is 31.5 Å². The molecule has 0 N–H and O–H groups in total. The smallest absolute Gasteiger partial charge is 0.409 e. The molecule has 3 aliphatic rings. The van der Waals surface area contributed by atoms with Crippen molar-refractivity contribution in [3.8, 4) is 17.3 Å². The highest BCUT2D eigenvalue weighted by molar-refractivity contribution is 6.00. The number of methoxy groups -OCH3 is 2. The molecule has 0 unspecified atom stereocenters. The second kappa shape index (κ2) is 10.9. The Labute approximate surface area is 252 Å². The van der Waals surface area contributed by atoms with Crippen LogP contribution in [0.2, 0.25) is 0 Å². The van der Waals surface area contributed by atoms with Crippen LogP contribution in [0.5, 0.6) is 5.75 Å². The summed E-state index contributed by atoms with van der Waals surface area (Å²) in [5, 5.41) is 1.18. The second-order valence-electron chi connectivity index (χ2n) is 12.6. The van der Waals surface area contributed by atoms with E-state index in [4.69, 9.17) is 14.5 Å². The summed E-state index contributed by atoms with van der Waals surface area (Å²) < 4.78 is 15.4. The number of fused-ring (bicyclic) bond motifs is 2. The number of nitrogens with zero attached hydrogens (tertiary/aromatic N) is 5. The minimum absolute atomic E-state index is 0.0551. The van der Waals surface area contributed by atoms with Gasteiger partial charge in [0.05, 0.1) is 30.9 Å². The lowest BCUT2D eigenvalue weighted by molar-refractivity contribution is 0.0671. The number of aromatic nitrogens is 3. The maximum atomic E-state index is 13.7. The van der Waals surface area contributed by atoms with E-state index in [9.17, 15) is 9.59 Å². The SMILES string of the molecule is CC[C@@H]1CCCN(C(=O)c2cc(OC)c3c(c2)nc(-c2cc4cccc(C5CN(C(=O)OC)C5)c4n2CC2CC2)n3C)C1. The molecule has 0 radical (unpaired) electrons. The molecule has 3 fully saturated rings. The number of hydrogen-bond donors (Lipinski definition) is 0. The quantitative estimate of drug-likeness (QED) is 0.265. The Morgan fingerprint density at radius 2 is 1.79 bits per heavy atom. The van der Waals surface area contributed by atoms with Gasteiger partial charge in [-0.25, -0.2) is 9.78 Å². The van der Waals surface area contributed by atoms with E-state index in [1.165, 1.54) is 42.8 Å². The number of carbonyl (C=O) groups excluding carboxylic acids is 2. The van der Waals surface area contributed by atoms with E-state index in [0.29, 0.717) is 36.2 Å². The van der Waals surface area contributed by atoms with Gasteiger partial charge >= 0.3 is 6.09 Å². The first kappa shape index (κ1) is 27.8. The number of ether oxygens (including phenoxy) is 2. The van der Waals surface area contributed by atoms with Gasteiger partial charge in [0.1, 0.15) is 11.3 Å². The average molecular weight is 584 g/mol. The first-order valence-electron chi connectivity index (χ1n) is 15.7. The molecule has 2 aliphatic heterocycles. The highest BCUT2D eigenvalue weighted by atomic mass is 16.5. The predicted octanol–water partition coefficient (Wildman–Crippen LogP) is 6.04. The Kier molecular flexibility index (Phi) is 7.06. The van der Waals surface area contributed by atoms with Crippen LogP contribution >= 0.6 is 0 Å². The fourth-order valence-electron chi connectivity index (χ4n) is 7.15. The van der Waals surface area contributed by atoms with Crippen molar-refractivity contribution in [2.24, 2.45) is 18.9 Å². The summed E-state index contributed by atoms with van der Waals surface area (Å²) in [5.74, 6) is 3.05. The van der Waals surface area contributed by atoms with Gasteiger partial charge in [0.2, 0.25) is 0 Å². The third-order valence-corrected chi connectivity index (χ3v) is 9.86. The average Bonchev–Trinajstić information content (AvgIpc) is 3.67. The van der Waals surface area contributed by atoms with E-state index in [2.05, 4.69) is 40.3 Å². The fourth-order valence-corrected chi connectivity index (χ4v) is 7.15. The lowest BCUT2D eigenvalue weighted by Gasteiger charge is -2.38. The van der Waals surface area contributed by atoms with Crippen molar-refractivity contribution in [3.05, 3.63) is 47.5 Å². The van der Waals surface area contributed by atoms with Gasteiger partial charge in [0, 0.05) is 56.6 Å². The van der Waals surface area contributed by atoms with E-state index in [0.717, 1.165) is 55.0 Å². The zero-order chi connectivity index (χ0) is 29.8. The van der Waals surface area contributed by atoms with Crippen LogP contribution in [0.15, 0.2) is 36.4 Å². The lowest BCUT2D eigenvalue weighted by atomic mass is 9.90. The molecule has 43 heavy (non-hydrogen) atoms. The van der Waals surface area contributed by atoms with E-state index in [1.807, 2.05) is 24.1 Å². The van der Waals surface area contributed by atoms with Crippen LogP contribution in [0.3, 0.4) is 0 Å². The van der Waals surface area contributed by atoms with Crippen LogP contribution in [0.1, 0.15) is 60.9 Å². The molecule has 1 aliphatic carbocycles. The Morgan fingerprint density at radius 1 is 0.977 bits per heavy atom. The van der Waals surface area contributed by atoms with Gasteiger partial charge < -0.3 is 28.4 Å². The standard InChI is InChI=1S/C34H41N5O4/c1-5-21-8-7-13-37(17-21)33(40)24-14-27-31(29(16-24)42-3)36(2)32(35-27)28-15-23-9-6-10-26(25-19-38(20-25)34(41)43-4)30(23)39(28)18-22-11-12-22/h6,9-10,14-16,21-22,25H,5,7-8,11-13,17-20H2,1-4H3/t21-/m1/s1. The van der Waals surface area contributed by atoms with Crippen LogP contribution in [0, 0.1) is 11.8 Å². The van der Waals surface area contributed by atoms with Crippen molar-refractivity contribution in [3.63, 3.8) is 0 Å². The summed E-state index contributed by atoms with van der Waals surface area (Å²) in [6, 6.07) is 12.6. The Bertz CT molecular complexity index is 1710. The maximum Gasteiger partial charge on any atom is 0.409 e. The Balaban J connectivity index is 1.31. The third-order valence-electron chi connectivity index (χ3n) is 9.86. The number of amides is 2. The molecule has 1 saturated carbocycles. The molecule has 1 atom stereocenters. The van der Waals surface area contributed by atoms with Crippen molar-refractivity contribution in [1.82, 2.24) is 23.9 Å². The molecule has 4 aromatic rings. The fraction of sp³-hybridized carbons (Fsp3) is 0.500. The summed E-state index contributed by atoms with van der Waals surface area (Å²) in [6.45, 7) is 6.06. The van der Waals surface area contributed by atoms with Crippen molar-refractivity contribution in [2.75, 3.05) is 40.4 Å². The second-order valence-corrected chi connectivity index (χ2v) is 12.6. The van der Waals surface area contributed by atoms with Gasteiger partial charge in [-0.15, -0.1) is 0 Å². The van der Waals surface area contributed by atoms with E-state index >= 15 is 0 Å². The van der Waals surface area contributed by atoms with E-state index < -0.39 is 0 Å². The van der Waals surface area contributed by atoms with Gasteiger partial charge in [0.15, 0.2) is 5.82 Å². The zero-order valence-electron chi connectivity index (χ0n) is 25.6. The van der Waals surface area contributed by atoms with Crippen molar-refractivity contribution >= 4 is 33.9 Å². The minimum Gasteiger partial charge on any atom is -0.494 e. The monoisotopic (exact) mass is 583 g/mol.